The van der Waals surface area contributed by atoms with Crippen LogP contribution in [0, 0.1) is 0 Å². The Hall–Kier alpha value is 0.771. The molecule has 0 aliphatic heterocycles. The minimum atomic E-state index is -3.85. The van der Waals surface area contributed by atoms with Crippen LogP contribution >= 0.6 is 0 Å². The van der Waals surface area contributed by atoms with Crippen molar-refractivity contribution < 1.29 is 31.1 Å². The first kappa shape index (κ1) is 28.3. The summed E-state index contributed by atoms with van der Waals surface area (Å²) in [6.45, 7) is 8.70. The number of hydrogen-bond acceptors (Lipinski definition) is 4. The Morgan fingerprint density at radius 3 is 1.09 bits per heavy atom. The predicted octanol–water partition coefficient (Wildman–Crippen LogP) is 9.05. The van der Waals surface area contributed by atoms with Crippen LogP contribution in [-0.4, -0.2) is 28.1 Å². The first-order valence-corrected chi connectivity index (χ1v) is 19.5. The van der Waals surface area contributed by atoms with Crippen LogP contribution in [-0.2, 0) is 31.1 Å². The molecule has 0 atom stereocenters. The van der Waals surface area contributed by atoms with Crippen molar-refractivity contribution in [2.75, 3.05) is 19.8 Å². The van der Waals surface area contributed by atoms with Crippen LogP contribution in [0.25, 0.3) is 0 Å². The molecule has 3 saturated carbocycles. The predicted molar refractivity (Wildman–Crippen MR) is 136 cm³/mol. The van der Waals surface area contributed by atoms with Crippen molar-refractivity contribution in [3.05, 3.63) is 0 Å². The fourth-order valence-corrected chi connectivity index (χ4v) is 21.8. The van der Waals surface area contributed by atoms with E-state index in [2.05, 4.69) is 20.8 Å². The van der Waals surface area contributed by atoms with Gasteiger partial charge in [-0.3, -0.25) is 0 Å². The van der Waals surface area contributed by atoms with Gasteiger partial charge in [0.15, 0.2) is 0 Å². The second-order valence-electron chi connectivity index (χ2n) is 11.0. The van der Waals surface area contributed by atoms with Crippen molar-refractivity contribution >= 4 is 8.32 Å². The van der Waals surface area contributed by atoms with Crippen LogP contribution in [0.15, 0.2) is 0 Å². The topological polar surface area (TPSA) is 36.9 Å². The minimum absolute atomic E-state index is 0.706. The third-order valence-electron chi connectivity index (χ3n) is 8.48. The Kier molecular flexibility index (Phi) is 13.0. The molecule has 0 aromatic heterocycles. The van der Waals surface area contributed by atoms with E-state index in [1.165, 1.54) is 96.3 Å². The van der Waals surface area contributed by atoms with Gasteiger partial charge in [0, 0.05) is 0 Å². The molecule has 3 aliphatic rings. The van der Waals surface area contributed by atoms with Crippen molar-refractivity contribution in [3.8, 4) is 0 Å². The summed E-state index contributed by atoms with van der Waals surface area (Å²) in [5.74, 6) is 0. The van der Waals surface area contributed by atoms with Crippen LogP contribution in [0.5, 0.6) is 0 Å². The molecule has 0 unspecified atom stereocenters. The molecule has 0 aromatic carbocycles. The van der Waals surface area contributed by atoms with E-state index in [1.807, 2.05) is 0 Å². The zero-order valence-corrected chi connectivity index (χ0v) is 24.8. The maximum atomic E-state index is 7.81. The van der Waals surface area contributed by atoms with Gasteiger partial charge in [-0.05, 0) is 0 Å². The van der Waals surface area contributed by atoms with E-state index in [0.29, 0.717) is 19.8 Å². The Morgan fingerprint density at radius 1 is 0.515 bits per heavy atom. The molecule has 4 nitrogen and oxygen atoms in total. The van der Waals surface area contributed by atoms with Gasteiger partial charge in [-0.15, -0.1) is 0 Å². The van der Waals surface area contributed by atoms with E-state index in [1.54, 1.807) is 0 Å². The first-order chi connectivity index (χ1) is 16.2. The van der Waals surface area contributed by atoms with Crippen LogP contribution in [0.2, 0.25) is 16.6 Å². The van der Waals surface area contributed by atoms with Gasteiger partial charge in [-0.25, -0.2) is 0 Å². The standard InChI is InChI=1S/C18H33OSi.3C3H7O.Ti/c19-20(16-10-4-1-5-11-16,17-12-6-2-7-13-17)18-14-8-3-9-15-18;3*1-2-3-4;/h16-18H,1-15H2;3*2-3H2,1H3;/q4*-1;+4. The zero-order valence-electron chi connectivity index (χ0n) is 22.2. The fraction of sp³-hybridized carbons (Fsp3) is 1.00. The molecule has 0 spiro atoms. The second-order valence-corrected chi connectivity index (χ2v) is 19.2. The Balaban J connectivity index is 2.03. The molecule has 0 amide bonds. The van der Waals surface area contributed by atoms with Gasteiger partial charge in [0.1, 0.15) is 0 Å². The molecule has 3 aliphatic carbocycles. The monoisotopic (exact) mass is 518 g/mol. The van der Waals surface area contributed by atoms with Crippen molar-refractivity contribution in [3.63, 3.8) is 0 Å². The molecule has 194 valence electrons. The van der Waals surface area contributed by atoms with E-state index in [4.69, 9.17) is 13.0 Å². The van der Waals surface area contributed by atoms with Gasteiger partial charge < -0.3 is 0 Å². The van der Waals surface area contributed by atoms with Gasteiger partial charge in [-0.2, -0.15) is 0 Å². The molecular formula is C27H54O4SiTi. The van der Waals surface area contributed by atoms with Crippen LogP contribution in [0.4, 0.5) is 0 Å². The van der Waals surface area contributed by atoms with Crippen molar-refractivity contribution in [2.45, 2.75) is 153 Å². The van der Waals surface area contributed by atoms with E-state index >= 15 is 0 Å². The molecule has 6 heteroatoms. The third-order valence-corrected chi connectivity index (χ3v) is 20.1. The molecule has 0 heterocycles. The zero-order chi connectivity index (χ0) is 23.4. The van der Waals surface area contributed by atoms with Gasteiger partial charge in [0.2, 0.25) is 0 Å². The van der Waals surface area contributed by atoms with Crippen LogP contribution < -0.4 is 0 Å². The van der Waals surface area contributed by atoms with Gasteiger partial charge in [0.05, 0.1) is 0 Å². The summed E-state index contributed by atoms with van der Waals surface area (Å²) >= 11 is -3.85. The Bertz CT molecular complexity index is 449. The number of hydrogen-bond donors (Lipinski definition) is 0. The summed E-state index contributed by atoms with van der Waals surface area (Å²) in [5, 5.41) is 0. The second kappa shape index (κ2) is 15.1. The molecule has 33 heavy (non-hydrogen) atoms. The van der Waals surface area contributed by atoms with E-state index < -0.39 is 26.5 Å². The van der Waals surface area contributed by atoms with Crippen molar-refractivity contribution in [2.24, 2.45) is 0 Å². The molecule has 0 aromatic rings. The summed E-state index contributed by atoms with van der Waals surface area (Å²) in [6, 6.07) is 0. The quantitative estimate of drug-likeness (QED) is 0.215. The molecule has 3 rings (SSSR count). The van der Waals surface area contributed by atoms with Crippen LogP contribution in [0.3, 0.4) is 0 Å². The average Bonchev–Trinajstić information content (AvgIpc) is 2.89. The molecule has 0 saturated heterocycles. The normalized spacial score (nSPS) is 22.6. The summed E-state index contributed by atoms with van der Waals surface area (Å²) in [6.07, 6.45) is 23.9. The SMILES string of the molecule is CCC[O][Ti]([O]CCC)([O]CCC)[O][Si](C1CCCCC1)(C1CCCCC1)C1CCCCC1. The molecule has 0 N–H and O–H groups in total. The third kappa shape index (κ3) is 7.63. The van der Waals surface area contributed by atoms with Gasteiger partial charge >= 0.3 is 212 Å². The molecule has 0 bridgehead atoms. The summed E-state index contributed by atoms with van der Waals surface area (Å²) in [7, 11) is -2.17. The fourth-order valence-electron chi connectivity index (χ4n) is 7.02. The maximum absolute atomic E-state index is 7.81. The van der Waals surface area contributed by atoms with E-state index in [0.717, 1.165) is 35.9 Å². The Morgan fingerprint density at radius 2 is 0.818 bits per heavy atom. The molecular weight excluding hydrogens is 464 g/mol. The van der Waals surface area contributed by atoms with Gasteiger partial charge in [0.25, 0.3) is 0 Å². The van der Waals surface area contributed by atoms with Crippen molar-refractivity contribution in [1.82, 2.24) is 0 Å². The average molecular weight is 519 g/mol. The molecule has 0 radical (unpaired) electrons. The van der Waals surface area contributed by atoms with Crippen LogP contribution in [0.1, 0.15) is 136 Å². The summed E-state index contributed by atoms with van der Waals surface area (Å²) < 4.78 is 27.8. The molecule has 3 fully saturated rings. The van der Waals surface area contributed by atoms with E-state index in [9.17, 15) is 0 Å². The van der Waals surface area contributed by atoms with Crippen molar-refractivity contribution in [1.29, 1.82) is 0 Å². The Labute approximate surface area is 211 Å². The van der Waals surface area contributed by atoms with E-state index in [-0.39, 0.29) is 0 Å². The van der Waals surface area contributed by atoms with Gasteiger partial charge in [-0.1, -0.05) is 0 Å². The summed E-state index contributed by atoms with van der Waals surface area (Å²) in [4.78, 5) is 0. The first-order valence-electron chi connectivity index (χ1n) is 14.8. The number of rotatable bonds is 14. The summed E-state index contributed by atoms with van der Waals surface area (Å²) in [5.41, 5.74) is 2.34.